The van der Waals surface area contributed by atoms with Crippen molar-refractivity contribution in [2.75, 3.05) is 0 Å². The SMILES string of the molecule is O=c1n(Cc2cccc(Cl)c2)nc2c(-n3ccnc3)nccn12. The number of halogens is 1. The average molecular weight is 327 g/mol. The first-order valence-electron chi connectivity index (χ1n) is 6.89. The topological polar surface area (TPSA) is 70.0 Å². The van der Waals surface area contributed by atoms with Crippen molar-refractivity contribution in [1.82, 2.24) is 28.7 Å². The van der Waals surface area contributed by atoms with Gasteiger partial charge in [0.1, 0.15) is 6.33 Å². The number of imidazole rings is 1. The Hall–Kier alpha value is -2.93. The lowest BCUT2D eigenvalue weighted by molar-refractivity contribution is 0.658. The molecule has 4 aromatic rings. The first-order valence-corrected chi connectivity index (χ1v) is 7.27. The summed E-state index contributed by atoms with van der Waals surface area (Å²) in [5.41, 5.74) is 1.14. The summed E-state index contributed by atoms with van der Waals surface area (Å²) >= 11 is 5.99. The molecule has 0 aliphatic rings. The molecule has 0 saturated heterocycles. The Kier molecular flexibility index (Phi) is 3.20. The van der Waals surface area contributed by atoms with Gasteiger partial charge < -0.3 is 0 Å². The summed E-state index contributed by atoms with van der Waals surface area (Å²) in [7, 11) is 0. The molecule has 23 heavy (non-hydrogen) atoms. The molecule has 0 aliphatic heterocycles. The minimum absolute atomic E-state index is 0.233. The highest BCUT2D eigenvalue weighted by atomic mass is 35.5. The molecule has 0 saturated carbocycles. The van der Waals surface area contributed by atoms with Gasteiger partial charge in [0.05, 0.1) is 6.54 Å². The number of rotatable bonds is 3. The van der Waals surface area contributed by atoms with Crippen LogP contribution >= 0.6 is 11.6 Å². The Morgan fingerprint density at radius 2 is 2.09 bits per heavy atom. The molecule has 0 unspecified atom stereocenters. The molecule has 7 nitrogen and oxygen atoms in total. The number of fused-ring (bicyclic) bond motifs is 1. The number of nitrogens with zero attached hydrogens (tertiary/aromatic N) is 6. The fourth-order valence-corrected chi connectivity index (χ4v) is 2.63. The maximum absolute atomic E-state index is 12.5. The van der Waals surface area contributed by atoms with Gasteiger partial charge in [-0.2, -0.15) is 0 Å². The molecule has 0 bridgehead atoms. The highest BCUT2D eigenvalue weighted by Crippen LogP contribution is 2.12. The summed E-state index contributed by atoms with van der Waals surface area (Å²) in [5, 5.41) is 5.03. The monoisotopic (exact) mass is 326 g/mol. The minimum atomic E-state index is -0.233. The molecule has 3 aromatic heterocycles. The van der Waals surface area contributed by atoms with E-state index in [1.54, 1.807) is 41.7 Å². The summed E-state index contributed by atoms with van der Waals surface area (Å²) in [6.07, 6.45) is 8.17. The van der Waals surface area contributed by atoms with Crippen molar-refractivity contribution in [2.45, 2.75) is 6.54 Å². The van der Waals surface area contributed by atoms with Gasteiger partial charge in [-0.1, -0.05) is 23.7 Å². The second-order valence-corrected chi connectivity index (χ2v) is 5.42. The van der Waals surface area contributed by atoms with Crippen molar-refractivity contribution in [3.05, 3.63) is 76.5 Å². The van der Waals surface area contributed by atoms with Crippen LogP contribution in [0.2, 0.25) is 5.02 Å². The molecule has 0 radical (unpaired) electrons. The van der Waals surface area contributed by atoms with Crippen molar-refractivity contribution in [2.24, 2.45) is 0 Å². The third kappa shape index (κ3) is 2.40. The Morgan fingerprint density at radius 3 is 2.87 bits per heavy atom. The van der Waals surface area contributed by atoms with Gasteiger partial charge in [-0.05, 0) is 17.7 Å². The Labute approximate surface area is 135 Å². The molecule has 0 aliphatic carbocycles. The molecule has 0 fully saturated rings. The van der Waals surface area contributed by atoms with E-state index in [1.165, 1.54) is 9.08 Å². The van der Waals surface area contributed by atoms with Gasteiger partial charge in [-0.15, -0.1) is 5.10 Å². The fraction of sp³-hybridized carbons (Fsp3) is 0.0667. The van der Waals surface area contributed by atoms with Crippen LogP contribution in [0.4, 0.5) is 0 Å². The van der Waals surface area contributed by atoms with Crippen LogP contribution in [0.15, 0.2) is 60.2 Å². The normalized spacial score (nSPS) is 11.2. The molecule has 3 heterocycles. The summed E-state index contributed by atoms with van der Waals surface area (Å²) in [6.45, 7) is 0.338. The highest BCUT2D eigenvalue weighted by Gasteiger charge is 2.13. The van der Waals surface area contributed by atoms with Crippen LogP contribution in [0.25, 0.3) is 11.5 Å². The van der Waals surface area contributed by atoms with Gasteiger partial charge in [0.2, 0.25) is 5.65 Å². The van der Waals surface area contributed by atoms with E-state index in [0.29, 0.717) is 23.0 Å². The van der Waals surface area contributed by atoms with E-state index in [9.17, 15) is 4.79 Å². The Bertz CT molecular complexity index is 1030. The predicted molar refractivity (Wildman–Crippen MR) is 84.9 cm³/mol. The van der Waals surface area contributed by atoms with Crippen LogP contribution in [0.5, 0.6) is 0 Å². The standard InChI is InChI=1S/C15H11ClN6O/c16-12-3-1-2-11(8-12)9-22-15(23)21-7-5-18-13(14(21)19-22)20-6-4-17-10-20/h1-8,10H,9H2. The molecule has 1 aromatic carbocycles. The number of hydrogen-bond acceptors (Lipinski definition) is 4. The van der Waals surface area contributed by atoms with Gasteiger partial charge in [0.15, 0.2) is 5.82 Å². The third-order valence-electron chi connectivity index (χ3n) is 3.45. The first kappa shape index (κ1) is 13.7. The van der Waals surface area contributed by atoms with Crippen molar-refractivity contribution < 1.29 is 0 Å². The predicted octanol–water partition coefficient (Wildman–Crippen LogP) is 1.78. The number of hydrogen-bond donors (Lipinski definition) is 0. The Morgan fingerprint density at radius 1 is 1.17 bits per heavy atom. The summed E-state index contributed by atoms with van der Waals surface area (Å²) < 4.78 is 4.57. The van der Waals surface area contributed by atoms with Gasteiger partial charge in [-0.25, -0.2) is 23.8 Å². The maximum atomic E-state index is 12.5. The van der Waals surface area contributed by atoms with Crippen LogP contribution in [-0.2, 0) is 6.54 Å². The zero-order valence-corrected chi connectivity index (χ0v) is 12.6. The van der Waals surface area contributed by atoms with Gasteiger partial charge in [0.25, 0.3) is 0 Å². The highest BCUT2D eigenvalue weighted by molar-refractivity contribution is 6.30. The fourth-order valence-electron chi connectivity index (χ4n) is 2.41. The van der Waals surface area contributed by atoms with Gasteiger partial charge in [0, 0.05) is 29.8 Å². The zero-order chi connectivity index (χ0) is 15.8. The van der Waals surface area contributed by atoms with E-state index in [0.717, 1.165) is 5.56 Å². The first-order chi connectivity index (χ1) is 11.2. The van der Waals surface area contributed by atoms with Crippen LogP contribution in [0.1, 0.15) is 5.56 Å². The quantitative estimate of drug-likeness (QED) is 0.575. The largest absolute Gasteiger partial charge is 0.350 e. The van der Waals surface area contributed by atoms with Crippen LogP contribution in [-0.4, -0.2) is 28.7 Å². The molecular weight excluding hydrogens is 316 g/mol. The molecule has 114 valence electrons. The van der Waals surface area contributed by atoms with Crippen molar-refractivity contribution >= 4 is 17.2 Å². The summed E-state index contributed by atoms with van der Waals surface area (Å²) in [6, 6.07) is 7.35. The number of benzene rings is 1. The van der Waals surface area contributed by atoms with Gasteiger partial charge in [-0.3, -0.25) is 4.57 Å². The number of aromatic nitrogens is 6. The van der Waals surface area contributed by atoms with E-state index in [2.05, 4.69) is 15.1 Å². The van der Waals surface area contributed by atoms with Crippen LogP contribution < -0.4 is 5.69 Å². The van der Waals surface area contributed by atoms with Crippen LogP contribution in [0, 0.1) is 0 Å². The third-order valence-corrected chi connectivity index (χ3v) is 3.69. The molecule has 0 spiro atoms. The maximum Gasteiger partial charge on any atom is 0.350 e. The lowest BCUT2D eigenvalue weighted by atomic mass is 10.2. The minimum Gasteiger partial charge on any atom is -0.287 e. The molecule has 0 N–H and O–H groups in total. The zero-order valence-electron chi connectivity index (χ0n) is 11.9. The van der Waals surface area contributed by atoms with Crippen molar-refractivity contribution in [1.29, 1.82) is 0 Å². The second kappa shape index (κ2) is 5.36. The second-order valence-electron chi connectivity index (χ2n) is 4.98. The molecule has 0 amide bonds. The molecular formula is C15H11ClN6O. The van der Waals surface area contributed by atoms with E-state index in [-0.39, 0.29) is 5.69 Å². The van der Waals surface area contributed by atoms with E-state index >= 15 is 0 Å². The van der Waals surface area contributed by atoms with Crippen molar-refractivity contribution in [3.63, 3.8) is 0 Å². The van der Waals surface area contributed by atoms with Crippen LogP contribution in [0.3, 0.4) is 0 Å². The molecule has 0 atom stereocenters. The smallest absolute Gasteiger partial charge is 0.287 e. The lowest BCUT2D eigenvalue weighted by Crippen LogP contribution is -2.21. The lowest BCUT2D eigenvalue weighted by Gasteiger charge is -2.01. The summed E-state index contributed by atoms with van der Waals surface area (Å²) in [4.78, 5) is 20.8. The molecule has 4 rings (SSSR count). The summed E-state index contributed by atoms with van der Waals surface area (Å²) in [5.74, 6) is 0.548. The van der Waals surface area contributed by atoms with Crippen molar-refractivity contribution in [3.8, 4) is 5.82 Å². The van der Waals surface area contributed by atoms with E-state index in [1.807, 2.05) is 18.2 Å². The van der Waals surface area contributed by atoms with E-state index < -0.39 is 0 Å². The van der Waals surface area contributed by atoms with E-state index in [4.69, 9.17) is 11.6 Å². The van der Waals surface area contributed by atoms with Gasteiger partial charge >= 0.3 is 5.69 Å². The Balaban J connectivity index is 1.85. The average Bonchev–Trinajstić information content (AvgIpc) is 3.17. The molecule has 8 heteroatoms.